The summed E-state index contributed by atoms with van der Waals surface area (Å²) in [7, 11) is 0. The zero-order valence-electron chi connectivity index (χ0n) is 16.4. The van der Waals surface area contributed by atoms with Crippen molar-refractivity contribution in [2.24, 2.45) is 5.92 Å². The number of aromatic nitrogens is 3. The highest BCUT2D eigenvalue weighted by Crippen LogP contribution is 2.28. The van der Waals surface area contributed by atoms with Crippen LogP contribution in [0.25, 0.3) is 10.9 Å². The Morgan fingerprint density at radius 1 is 1.21 bits per heavy atom. The Kier molecular flexibility index (Phi) is 5.41. The minimum Gasteiger partial charge on any atom is -0.394 e. The van der Waals surface area contributed by atoms with E-state index < -0.39 is 0 Å². The van der Waals surface area contributed by atoms with Crippen molar-refractivity contribution in [1.29, 1.82) is 0 Å². The van der Waals surface area contributed by atoms with Gasteiger partial charge in [0.2, 0.25) is 12.4 Å². The Labute approximate surface area is 169 Å². The summed E-state index contributed by atoms with van der Waals surface area (Å²) >= 11 is 0. The second-order valence-corrected chi connectivity index (χ2v) is 7.53. The lowest BCUT2D eigenvalue weighted by atomic mass is 10.1. The molecule has 0 aliphatic heterocycles. The molecule has 1 aromatic carbocycles. The molecule has 4 rings (SSSR count). The Balaban J connectivity index is 1.46. The number of aryl methyl sites for hydroxylation is 1. The molecule has 0 bridgehead atoms. The maximum atomic E-state index is 10.5. The molecule has 2 atom stereocenters. The Morgan fingerprint density at radius 3 is 2.97 bits per heavy atom. The van der Waals surface area contributed by atoms with Gasteiger partial charge in [0.05, 0.1) is 17.4 Å². The van der Waals surface area contributed by atoms with Gasteiger partial charge >= 0.3 is 0 Å². The summed E-state index contributed by atoms with van der Waals surface area (Å²) in [4.78, 5) is 23.9. The molecule has 5 N–H and O–H groups in total. The molecule has 29 heavy (non-hydrogen) atoms. The maximum absolute atomic E-state index is 10.5. The molecule has 0 saturated heterocycles. The van der Waals surface area contributed by atoms with Crippen LogP contribution < -0.4 is 21.7 Å². The molecular formula is C21H25N7O. The molecule has 3 aromatic rings. The van der Waals surface area contributed by atoms with E-state index in [9.17, 15) is 4.79 Å². The van der Waals surface area contributed by atoms with Crippen LogP contribution in [0.2, 0.25) is 0 Å². The summed E-state index contributed by atoms with van der Waals surface area (Å²) < 4.78 is 0. The number of hydrogen-bond donors (Lipinski definition) is 4. The number of carbonyl (C=O) groups excluding carboxylic acids is 1. The standard InChI is InChI=1S/C21H25N7O/c1-13-2-4-15-9-17(6-7-19(15)25-13)26-20-18(22)11-24-21(28-20)27-16-5-3-14(8-16)10-23-12-29/h2,4,6-7,9,11-12,14,16H,3,5,8,10,22H2,1H3,(H,23,29)(H2,24,26,27,28). The molecule has 1 saturated carbocycles. The van der Waals surface area contributed by atoms with Crippen LogP contribution in [0.4, 0.5) is 23.1 Å². The van der Waals surface area contributed by atoms with E-state index in [4.69, 9.17) is 5.73 Å². The van der Waals surface area contributed by atoms with Crippen LogP contribution in [0, 0.1) is 12.8 Å². The zero-order chi connectivity index (χ0) is 20.2. The third kappa shape index (κ3) is 4.53. The first kappa shape index (κ1) is 18.9. The van der Waals surface area contributed by atoms with Gasteiger partial charge < -0.3 is 21.7 Å². The molecule has 150 valence electrons. The van der Waals surface area contributed by atoms with E-state index in [1.165, 1.54) is 0 Å². The van der Waals surface area contributed by atoms with Gasteiger partial charge in [-0.1, -0.05) is 6.07 Å². The first-order chi connectivity index (χ1) is 14.1. The van der Waals surface area contributed by atoms with E-state index in [1.54, 1.807) is 6.20 Å². The number of nitrogens with one attached hydrogen (secondary N) is 3. The topological polar surface area (TPSA) is 118 Å². The summed E-state index contributed by atoms with van der Waals surface area (Å²) in [6.07, 6.45) is 5.45. The van der Waals surface area contributed by atoms with Crippen molar-refractivity contribution in [3.05, 3.63) is 42.2 Å². The molecule has 2 unspecified atom stereocenters. The van der Waals surface area contributed by atoms with Crippen molar-refractivity contribution in [3.63, 3.8) is 0 Å². The van der Waals surface area contributed by atoms with Crippen LogP contribution in [0.1, 0.15) is 25.0 Å². The number of carbonyl (C=O) groups is 1. The molecule has 1 aliphatic carbocycles. The van der Waals surface area contributed by atoms with Gasteiger partial charge in [0, 0.05) is 29.4 Å². The number of fused-ring (bicyclic) bond motifs is 1. The molecule has 0 spiro atoms. The fourth-order valence-electron chi connectivity index (χ4n) is 3.79. The minimum atomic E-state index is 0.292. The van der Waals surface area contributed by atoms with E-state index in [0.29, 0.717) is 36.0 Å². The lowest BCUT2D eigenvalue weighted by molar-refractivity contribution is -0.109. The number of nitrogens with two attached hydrogens (primary N) is 1. The first-order valence-electron chi connectivity index (χ1n) is 9.81. The second-order valence-electron chi connectivity index (χ2n) is 7.53. The Bertz CT molecular complexity index is 1020. The molecule has 8 heteroatoms. The lowest BCUT2D eigenvalue weighted by Crippen LogP contribution is -2.22. The number of pyridine rings is 1. The number of nitrogens with zero attached hydrogens (tertiary/aromatic N) is 3. The molecule has 1 amide bonds. The summed E-state index contributed by atoms with van der Waals surface area (Å²) in [5.74, 6) is 1.60. The van der Waals surface area contributed by atoms with Crippen molar-refractivity contribution in [2.45, 2.75) is 32.2 Å². The molecule has 1 aliphatic rings. The molecular weight excluding hydrogens is 366 g/mol. The quantitative estimate of drug-likeness (QED) is 0.457. The van der Waals surface area contributed by atoms with Crippen LogP contribution >= 0.6 is 0 Å². The zero-order valence-corrected chi connectivity index (χ0v) is 16.4. The van der Waals surface area contributed by atoms with Crippen LogP contribution in [-0.2, 0) is 4.79 Å². The smallest absolute Gasteiger partial charge is 0.224 e. The largest absolute Gasteiger partial charge is 0.394 e. The highest BCUT2D eigenvalue weighted by Gasteiger charge is 2.25. The van der Waals surface area contributed by atoms with Gasteiger partial charge in [-0.15, -0.1) is 0 Å². The number of benzene rings is 1. The Morgan fingerprint density at radius 2 is 2.10 bits per heavy atom. The van der Waals surface area contributed by atoms with Gasteiger partial charge in [-0.2, -0.15) is 4.98 Å². The highest BCUT2D eigenvalue weighted by atomic mass is 16.1. The molecule has 1 fully saturated rings. The van der Waals surface area contributed by atoms with E-state index in [0.717, 1.165) is 48.0 Å². The number of anilines is 4. The van der Waals surface area contributed by atoms with Crippen molar-refractivity contribution in [3.8, 4) is 0 Å². The summed E-state index contributed by atoms with van der Waals surface area (Å²) in [6, 6.07) is 10.3. The summed E-state index contributed by atoms with van der Waals surface area (Å²) in [6.45, 7) is 2.69. The highest BCUT2D eigenvalue weighted by molar-refractivity contribution is 5.84. The summed E-state index contributed by atoms with van der Waals surface area (Å²) in [5, 5.41) is 10.5. The average molecular weight is 391 g/mol. The lowest BCUT2D eigenvalue weighted by Gasteiger charge is -2.15. The summed E-state index contributed by atoms with van der Waals surface area (Å²) in [5.41, 5.74) is 9.40. The van der Waals surface area contributed by atoms with E-state index in [2.05, 4.69) is 37.0 Å². The number of nitrogen functional groups attached to an aromatic ring is 1. The molecule has 8 nitrogen and oxygen atoms in total. The SMILES string of the molecule is Cc1ccc2cc(Nc3nc(NC4CCC(CNC=O)C4)ncc3N)ccc2n1. The maximum Gasteiger partial charge on any atom is 0.224 e. The molecule has 0 radical (unpaired) electrons. The van der Waals surface area contributed by atoms with Crippen LogP contribution in [-0.4, -0.2) is 33.9 Å². The van der Waals surface area contributed by atoms with Crippen molar-refractivity contribution in [1.82, 2.24) is 20.3 Å². The van der Waals surface area contributed by atoms with E-state index in [-0.39, 0.29) is 0 Å². The average Bonchev–Trinajstić information content (AvgIpc) is 3.16. The van der Waals surface area contributed by atoms with Gasteiger partial charge in [-0.3, -0.25) is 9.78 Å². The van der Waals surface area contributed by atoms with Crippen molar-refractivity contribution in [2.75, 3.05) is 22.9 Å². The van der Waals surface area contributed by atoms with Gasteiger partial charge in [0.15, 0.2) is 5.82 Å². The van der Waals surface area contributed by atoms with Gasteiger partial charge in [-0.25, -0.2) is 4.98 Å². The second kappa shape index (κ2) is 8.30. The van der Waals surface area contributed by atoms with E-state index in [1.807, 2.05) is 31.2 Å². The number of amides is 1. The van der Waals surface area contributed by atoms with Gasteiger partial charge in [-0.05, 0) is 56.4 Å². The van der Waals surface area contributed by atoms with Crippen LogP contribution in [0.15, 0.2) is 36.5 Å². The normalized spacial score (nSPS) is 18.5. The third-order valence-corrected chi connectivity index (χ3v) is 5.27. The fraction of sp³-hybridized carbons (Fsp3) is 0.333. The van der Waals surface area contributed by atoms with Gasteiger partial charge in [0.1, 0.15) is 0 Å². The number of hydrogen-bond acceptors (Lipinski definition) is 7. The van der Waals surface area contributed by atoms with E-state index >= 15 is 0 Å². The van der Waals surface area contributed by atoms with Crippen LogP contribution in [0.5, 0.6) is 0 Å². The third-order valence-electron chi connectivity index (χ3n) is 5.27. The van der Waals surface area contributed by atoms with Crippen molar-refractivity contribution < 1.29 is 4.79 Å². The first-order valence-corrected chi connectivity index (χ1v) is 9.81. The minimum absolute atomic E-state index is 0.292. The van der Waals surface area contributed by atoms with Crippen LogP contribution in [0.3, 0.4) is 0 Å². The predicted molar refractivity (Wildman–Crippen MR) is 115 cm³/mol. The van der Waals surface area contributed by atoms with Gasteiger partial charge in [0.25, 0.3) is 0 Å². The fourth-order valence-corrected chi connectivity index (χ4v) is 3.79. The van der Waals surface area contributed by atoms with Crippen molar-refractivity contribution >= 4 is 40.5 Å². The number of rotatable bonds is 7. The monoisotopic (exact) mass is 391 g/mol. The predicted octanol–water partition coefficient (Wildman–Crippen LogP) is 2.99. The molecule has 2 aromatic heterocycles. The molecule has 2 heterocycles. The Hall–Kier alpha value is -3.42.